The smallest absolute Gasteiger partial charge is 0.307 e. The molecule has 1 amide bonds. The normalized spacial score (nSPS) is 11.4. The van der Waals surface area contributed by atoms with Gasteiger partial charge in [0.2, 0.25) is 5.91 Å². The van der Waals surface area contributed by atoms with Crippen LogP contribution in [0.3, 0.4) is 0 Å². The van der Waals surface area contributed by atoms with Crippen molar-refractivity contribution in [1.82, 2.24) is 5.32 Å². The Hall–Kier alpha value is -3.09. The van der Waals surface area contributed by atoms with E-state index < -0.39 is 17.8 Å². The molecule has 0 spiro atoms. The van der Waals surface area contributed by atoms with Crippen LogP contribution in [0.4, 0.5) is 4.39 Å². The molecule has 0 saturated carbocycles. The minimum absolute atomic E-state index is 0.0557. The average Bonchev–Trinajstić information content (AvgIpc) is 2.67. The number of rotatable bonds is 8. The zero-order valence-electron chi connectivity index (χ0n) is 15.5. The number of methoxy groups -OCH3 is 3. The van der Waals surface area contributed by atoms with Crippen molar-refractivity contribution in [2.24, 2.45) is 0 Å². The van der Waals surface area contributed by atoms with Crippen molar-refractivity contribution in [3.63, 3.8) is 0 Å². The van der Waals surface area contributed by atoms with E-state index in [0.717, 1.165) is 5.56 Å². The highest BCUT2D eigenvalue weighted by atomic mass is 19.1. The predicted molar refractivity (Wildman–Crippen MR) is 97.2 cm³/mol. The van der Waals surface area contributed by atoms with Crippen LogP contribution in [0.1, 0.15) is 23.6 Å². The number of carbonyl (C=O) groups excluding carboxylic acids is 2. The van der Waals surface area contributed by atoms with Crippen LogP contribution in [-0.2, 0) is 20.7 Å². The van der Waals surface area contributed by atoms with Gasteiger partial charge in [-0.15, -0.1) is 0 Å². The topological polar surface area (TPSA) is 73.9 Å². The van der Waals surface area contributed by atoms with E-state index in [1.807, 2.05) is 0 Å². The van der Waals surface area contributed by atoms with Crippen molar-refractivity contribution in [3.8, 4) is 11.5 Å². The van der Waals surface area contributed by atoms with Gasteiger partial charge in [-0.25, -0.2) is 4.39 Å². The summed E-state index contributed by atoms with van der Waals surface area (Å²) in [5.41, 5.74) is 1.34. The van der Waals surface area contributed by atoms with Gasteiger partial charge in [0.05, 0.1) is 40.2 Å². The van der Waals surface area contributed by atoms with Gasteiger partial charge in [-0.3, -0.25) is 9.59 Å². The van der Waals surface area contributed by atoms with Crippen molar-refractivity contribution in [2.45, 2.75) is 18.9 Å². The molecule has 27 heavy (non-hydrogen) atoms. The summed E-state index contributed by atoms with van der Waals surface area (Å²) >= 11 is 0. The van der Waals surface area contributed by atoms with Crippen LogP contribution in [0.2, 0.25) is 0 Å². The zero-order chi connectivity index (χ0) is 19.8. The van der Waals surface area contributed by atoms with E-state index in [4.69, 9.17) is 9.47 Å². The van der Waals surface area contributed by atoms with E-state index >= 15 is 0 Å². The van der Waals surface area contributed by atoms with Crippen LogP contribution >= 0.6 is 0 Å². The third-order valence-corrected chi connectivity index (χ3v) is 4.02. The first kappa shape index (κ1) is 20.2. The molecule has 0 aromatic heterocycles. The molecule has 1 N–H and O–H groups in total. The highest BCUT2D eigenvalue weighted by molar-refractivity contribution is 5.80. The second-order valence-electron chi connectivity index (χ2n) is 5.82. The lowest BCUT2D eigenvalue weighted by Crippen LogP contribution is -2.31. The number of nitrogens with one attached hydrogen (secondary N) is 1. The van der Waals surface area contributed by atoms with E-state index in [0.29, 0.717) is 17.1 Å². The van der Waals surface area contributed by atoms with Gasteiger partial charge in [0.1, 0.15) is 5.82 Å². The maximum absolute atomic E-state index is 13.2. The van der Waals surface area contributed by atoms with Gasteiger partial charge in [0, 0.05) is 0 Å². The molecule has 144 valence electrons. The molecule has 0 saturated heterocycles. The Morgan fingerprint density at radius 2 is 1.67 bits per heavy atom. The van der Waals surface area contributed by atoms with Crippen LogP contribution in [0.25, 0.3) is 0 Å². The maximum atomic E-state index is 13.2. The Morgan fingerprint density at radius 3 is 2.26 bits per heavy atom. The van der Waals surface area contributed by atoms with Gasteiger partial charge in [-0.05, 0) is 35.4 Å². The van der Waals surface area contributed by atoms with Gasteiger partial charge < -0.3 is 19.5 Å². The molecule has 0 bridgehead atoms. The Bertz CT molecular complexity index is 791. The van der Waals surface area contributed by atoms with E-state index in [-0.39, 0.29) is 18.7 Å². The minimum Gasteiger partial charge on any atom is -0.493 e. The van der Waals surface area contributed by atoms with E-state index in [1.54, 1.807) is 18.2 Å². The molecule has 2 rings (SSSR count). The maximum Gasteiger partial charge on any atom is 0.307 e. The molecule has 0 fully saturated rings. The molecule has 7 heteroatoms. The summed E-state index contributed by atoms with van der Waals surface area (Å²) in [6.45, 7) is 0. The Labute approximate surface area is 157 Å². The SMILES string of the molecule is COC(=O)CC(NC(=O)Cc1ccc(OC)c(OC)c1)c1ccc(F)cc1. The summed E-state index contributed by atoms with van der Waals surface area (Å²) in [5, 5.41) is 2.80. The first-order valence-corrected chi connectivity index (χ1v) is 8.29. The van der Waals surface area contributed by atoms with Gasteiger partial charge in [-0.2, -0.15) is 0 Å². The number of benzene rings is 2. The summed E-state index contributed by atoms with van der Waals surface area (Å²) in [5.74, 6) is -0.0765. The van der Waals surface area contributed by atoms with Gasteiger partial charge in [0.25, 0.3) is 0 Å². The highest BCUT2D eigenvalue weighted by Crippen LogP contribution is 2.28. The molecule has 0 aliphatic rings. The molecular formula is C20H22FNO5. The summed E-state index contributed by atoms with van der Waals surface area (Å²) < 4.78 is 28.3. The number of carbonyl (C=O) groups is 2. The van der Waals surface area contributed by atoms with Crippen molar-refractivity contribution in [3.05, 3.63) is 59.4 Å². The lowest BCUT2D eigenvalue weighted by molar-refractivity contribution is -0.141. The largest absolute Gasteiger partial charge is 0.493 e. The van der Waals surface area contributed by atoms with Crippen LogP contribution in [-0.4, -0.2) is 33.2 Å². The lowest BCUT2D eigenvalue weighted by Gasteiger charge is -2.18. The molecule has 2 aromatic rings. The van der Waals surface area contributed by atoms with Crippen molar-refractivity contribution >= 4 is 11.9 Å². The van der Waals surface area contributed by atoms with Crippen molar-refractivity contribution in [2.75, 3.05) is 21.3 Å². The van der Waals surface area contributed by atoms with Gasteiger partial charge >= 0.3 is 5.97 Å². The van der Waals surface area contributed by atoms with Crippen LogP contribution in [0.15, 0.2) is 42.5 Å². The number of hydrogen-bond donors (Lipinski definition) is 1. The lowest BCUT2D eigenvalue weighted by atomic mass is 10.0. The number of esters is 1. The summed E-state index contributed by atoms with van der Waals surface area (Å²) in [7, 11) is 4.32. The fraction of sp³-hybridized carbons (Fsp3) is 0.300. The van der Waals surface area contributed by atoms with Crippen molar-refractivity contribution < 1.29 is 28.2 Å². The average molecular weight is 375 g/mol. The van der Waals surface area contributed by atoms with E-state index in [2.05, 4.69) is 10.1 Å². The molecule has 0 radical (unpaired) electrons. The molecule has 0 heterocycles. The minimum atomic E-state index is -0.620. The number of amides is 1. The van der Waals surface area contributed by atoms with Crippen LogP contribution in [0.5, 0.6) is 11.5 Å². The van der Waals surface area contributed by atoms with Crippen molar-refractivity contribution in [1.29, 1.82) is 0 Å². The molecule has 1 unspecified atom stereocenters. The quantitative estimate of drug-likeness (QED) is 0.718. The first-order chi connectivity index (χ1) is 13.0. The fourth-order valence-electron chi connectivity index (χ4n) is 2.62. The van der Waals surface area contributed by atoms with Gasteiger partial charge in [-0.1, -0.05) is 18.2 Å². The zero-order valence-corrected chi connectivity index (χ0v) is 15.5. The van der Waals surface area contributed by atoms with E-state index in [9.17, 15) is 14.0 Å². The second kappa shape index (κ2) is 9.56. The summed E-state index contributed by atoms with van der Waals surface area (Å²) in [6.07, 6.45) is 0.0268. The molecule has 0 aliphatic heterocycles. The summed E-state index contributed by atoms with van der Waals surface area (Å²) in [4.78, 5) is 24.2. The fourth-order valence-corrected chi connectivity index (χ4v) is 2.62. The molecule has 6 nitrogen and oxygen atoms in total. The number of hydrogen-bond acceptors (Lipinski definition) is 5. The molecule has 1 atom stereocenters. The standard InChI is InChI=1S/C20H22FNO5/c1-25-17-9-4-13(10-18(17)26-2)11-19(23)22-16(12-20(24)27-3)14-5-7-15(21)8-6-14/h4-10,16H,11-12H2,1-3H3,(H,22,23). The van der Waals surface area contributed by atoms with Crippen LogP contribution < -0.4 is 14.8 Å². The number of halogens is 1. The second-order valence-corrected chi connectivity index (χ2v) is 5.82. The van der Waals surface area contributed by atoms with Gasteiger partial charge in [0.15, 0.2) is 11.5 Å². The first-order valence-electron chi connectivity index (χ1n) is 8.29. The summed E-state index contributed by atoms with van der Waals surface area (Å²) in [6, 6.07) is 10.2. The third-order valence-electron chi connectivity index (χ3n) is 4.02. The third kappa shape index (κ3) is 5.70. The van der Waals surface area contributed by atoms with E-state index in [1.165, 1.54) is 45.6 Å². The predicted octanol–water partition coefficient (Wildman–Crippen LogP) is 2.81. The Kier molecular flexibility index (Phi) is 7.16. The number of ether oxygens (including phenoxy) is 3. The molecule has 0 aliphatic carbocycles. The Morgan fingerprint density at radius 1 is 1.00 bits per heavy atom. The highest BCUT2D eigenvalue weighted by Gasteiger charge is 2.19. The Balaban J connectivity index is 2.13. The molecular weight excluding hydrogens is 353 g/mol. The monoisotopic (exact) mass is 375 g/mol. The van der Waals surface area contributed by atoms with Crippen LogP contribution in [0, 0.1) is 5.82 Å². The molecule has 2 aromatic carbocycles.